The van der Waals surface area contributed by atoms with Gasteiger partial charge in [0.05, 0.1) is 6.54 Å². The molecule has 0 atom stereocenters. The maximum atomic E-state index is 11.9. The van der Waals surface area contributed by atoms with Gasteiger partial charge in [0.25, 0.3) is 0 Å². The molecule has 2 rings (SSSR count). The molecule has 0 saturated carbocycles. The molecule has 2 aromatic rings. The lowest BCUT2D eigenvalue weighted by atomic mass is 10.1. The molecule has 0 heterocycles. The highest BCUT2D eigenvalue weighted by Gasteiger charge is 2.25. The summed E-state index contributed by atoms with van der Waals surface area (Å²) in [6, 6.07) is 10.9. The summed E-state index contributed by atoms with van der Waals surface area (Å²) in [5.74, 6) is 0.610. The van der Waals surface area contributed by atoms with Gasteiger partial charge in [-0.3, -0.25) is 0 Å². The molecule has 1 N–H and O–H groups in total. The summed E-state index contributed by atoms with van der Waals surface area (Å²) in [5.41, 5.74) is 0. The predicted molar refractivity (Wildman–Crippen MR) is 73.4 cm³/mol. The molecule has 0 saturated heterocycles. The van der Waals surface area contributed by atoms with Gasteiger partial charge >= 0.3 is 6.18 Å². The number of hydrogen-bond donors (Lipinski definition) is 1. The molecule has 0 radical (unpaired) electrons. The van der Waals surface area contributed by atoms with Crippen LogP contribution >= 0.6 is 11.6 Å². The zero-order valence-electron chi connectivity index (χ0n) is 10.5. The summed E-state index contributed by atoms with van der Waals surface area (Å²) in [6.45, 7) is -0.740. The highest BCUT2D eigenvalue weighted by Crippen LogP contribution is 2.31. The zero-order chi connectivity index (χ0) is 14.6. The first kappa shape index (κ1) is 14.9. The normalized spacial score (nSPS) is 11.8. The average Bonchev–Trinajstić information content (AvgIpc) is 2.40. The number of rotatable bonds is 5. The number of hydrogen-bond acceptors (Lipinski definition) is 2. The summed E-state index contributed by atoms with van der Waals surface area (Å²) >= 11 is 6.07. The third kappa shape index (κ3) is 4.02. The molecule has 6 heteroatoms. The molecule has 0 aromatic heterocycles. The number of benzene rings is 2. The van der Waals surface area contributed by atoms with Crippen LogP contribution in [-0.4, -0.2) is 25.9 Å². The minimum Gasteiger partial charge on any atom is -0.492 e. The quantitative estimate of drug-likeness (QED) is 0.842. The van der Waals surface area contributed by atoms with Crippen LogP contribution in [0.3, 0.4) is 0 Å². The van der Waals surface area contributed by atoms with E-state index in [4.69, 9.17) is 16.3 Å². The van der Waals surface area contributed by atoms with E-state index >= 15 is 0 Å². The Morgan fingerprint density at radius 3 is 2.45 bits per heavy atom. The Balaban J connectivity index is 1.95. The largest absolute Gasteiger partial charge is 0.492 e. The van der Waals surface area contributed by atoms with Crippen molar-refractivity contribution in [1.29, 1.82) is 0 Å². The Labute approximate surface area is 119 Å². The van der Waals surface area contributed by atoms with Gasteiger partial charge in [0.15, 0.2) is 0 Å². The van der Waals surface area contributed by atoms with Crippen molar-refractivity contribution in [1.82, 2.24) is 5.32 Å². The third-order valence-corrected chi connectivity index (χ3v) is 3.02. The van der Waals surface area contributed by atoms with Gasteiger partial charge in [0, 0.05) is 22.3 Å². The predicted octanol–water partition coefficient (Wildman–Crippen LogP) is 4.02. The van der Waals surface area contributed by atoms with E-state index < -0.39 is 12.7 Å². The van der Waals surface area contributed by atoms with E-state index in [1.807, 2.05) is 24.3 Å². The van der Waals surface area contributed by atoms with Gasteiger partial charge in [0.1, 0.15) is 12.4 Å². The van der Waals surface area contributed by atoms with Crippen LogP contribution < -0.4 is 10.1 Å². The lowest BCUT2D eigenvalue weighted by Gasteiger charge is -2.11. The monoisotopic (exact) mass is 303 g/mol. The van der Waals surface area contributed by atoms with Gasteiger partial charge in [0.2, 0.25) is 0 Å². The van der Waals surface area contributed by atoms with Crippen molar-refractivity contribution in [2.24, 2.45) is 0 Å². The van der Waals surface area contributed by atoms with E-state index in [1.165, 1.54) is 0 Å². The Morgan fingerprint density at radius 1 is 1.05 bits per heavy atom. The van der Waals surface area contributed by atoms with E-state index in [2.05, 4.69) is 5.32 Å². The Hall–Kier alpha value is -1.46. The second-order valence-corrected chi connectivity index (χ2v) is 4.64. The van der Waals surface area contributed by atoms with Crippen molar-refractivity contribution in [3.05, 3.63) is 41.4 Å². The molecular formula is C14H13ClF3NO. The second-order valence-electron chi connectivity index (χ2n) is 4.23. The molecule has 0 fully saturated rings. The van der Waals surface area contributed by atoms with Crippen molar-refractivity contribution in [2.45, 2.75) is 6.18 Å². The fourth-order valence-corrected chi connectivity index (χ4v) is 2.05. The maximum absolute atomic E-state index is 11.9. The van der Waals surface area contributed by atoms with E-state index in [9.17, 15) is 13.2 Å². The number of fused-ring (bicyclic) bond motifs is 1. The van der Waals surface area contributed by atoms with Crippen LogP contribution in [0.1, 0.15) is 0 Å². The first-order valence-corrected chi connectivity index (χ1v) is 6.43. The van der Waals surface area contributed by atoms with Crippen LogP contribution in [0, 0.1) is 0 Å². The summed E-state index contributed by atoms with van der Waals surface area (Å²) < 4.78 is 41.3. The summed E-state index contributed by atoms with van der Waals surface area (Å²) in [6.07, 6.45) is -4.20. The topological polar surface area (TPSA) is 21.3 Å². The van der Waals surface area contributed by atoms with Crippen molar-refractivity contribution in [3.63, 3.8) is 0 Å². The molecule has 0 unspecified atom stereocenters. The summed E-state index contributed by atoms with van der Waals surface area (Å²) in [7, 11) is 0. The molecule has 0 aliphatic rings. The Bertz CT molecular complexity index is 586. The lowest BCUT2D eigenvalue weighted by molar-refractivity contribution is -0.124. The van der Waals surface area contributed by atoms with Gasteiger partial charge in [-0.1, -0.05) is 35.9 Å². The molecule has 108 valence electrons. The van der Waals surface area contributed by atoms with Gasteiger partial charge in [-0.05, 0) is 12.1 Å². The van der Waals surface area contributed by atoms with Gasteiger partial charge in [-0.15, -0.1) is 0 Å². The number of nitrogens with one attached hydrogen (secondary N) is 1. The van der Waals surface area contributed by atoms with Crippen LogP contribution in [0.4, 0.5) is 13.2 Å². The molecule has 2 nitrogen and oxygen atoms in total. The highest BCUT2D eigenvalue weighted by atomic mass is 35.5. The molecule has 0 aliphatic carbocycles. The van der Waals surface area contributed by atoms with Crippen LogP contribution in [0.2, 0.25) is 5.02 Å². The third-order valence-electron chi connectivity index (χ3n) is 2.69. The Kier molecular flexibility index (Phi) is 4.73. The minimum absolute atomic E-state index is 0.121. The van der Waals surface area contributed by atoms with Crippen LogP contribution in [-0.2, 0) is 0 Å². The highest BCUT2D eigenvalue weighted by molar-refractivity contribution is 6.35. The number of alkyl halides is 3. The van der Waals surface area contributed by atoms with Crippen molar-refractivity contribution < 1.29 is 17.9 Å². The van der Waals surface area contributed by atoms with Gasteiger partial charge in [-0.2, -0.15) is 13.2 Å². The fourth-order valence-electron chi connectivity index (χ4n) is 1.82. The minimum atomic E-state index is -4.20. The molecule has 0 amide bonds. The number of halogens is 4. The van der Waals surface area contributed by atoms with Gasteiger partial charge < -0.3 is 10.1 Å². The molecule has 20 heavy (non-hydrogen) atoms. The smallest absolute Gasteiger partial charge is 0.401 e. The lowest BCUT2D eigenvalue weighted by Crippen LogP contribution is -2.31. The van der Waals surface area contributed by atoms with E-state index in [0.717, 1.165) is 10.8 Å². The van der Waals surface area contributed by atoms with Crippen molar-refractivity contribution >= 4 is 22.4 Å². The molecule has 2 aromatic carbocycles. The van der Waals surface area contributed by atoms with E-state index in [1.54, 1.807) is 12.1 Å². The standard InChI is InChI=1S/C14H13ClF3NO/c15-12-5-6-13(11-4-2-1-3-10(11)12)20-8-7-19-9-14(16,17)18/h1-6,19H,7-9H2. The molecule has 0 aliphatic heterocycles. The first-order valence-electron chi connectivity index (χ1n) is 6.05. The second kappa shape index (κ2) is 6.33. The Morgan fingerprint density at radius 2 is 1.75 bits per heavy atom. The van der Waals surface area contributed by atoms with E-state index in [0.29, 0.717) is 10.8 Å². The van der Waals surface area contributed by atoms with Crippen LogP contribution in [0.25, 0.3) is 10.8 Å². The van der Waals surface area contributed by atoms with Crippen molar-refractivity contribution in [3.8, 4) is 5.75 Å². The van der Waals surface area contributed by atoms with Crippen LogP contribution in [0.5, 0.6) is 5.75 Å². The zero-order valence-corrected chi connectivity index (χ0v) is 11.3. The molecule has 0 spiro atoms. The van der Waals surface area contributed by atoms with Gasteiger partial charge in [-0.25, -0.2) is 0 Å². The molecular weight excluding hydrogens is 291 g/mol. The van der Waals surface area contributed by atoms with E-state index in [-0.39, 0.29) is 13.2 Å². The van der Waals surface area contributed by atoms with Crippen LogP contribution in [0.15, 0.2) is 36.4 Å². The SMILES string of the molecule is FC(F)(F)CNCCOc1ccc(Cl)c2ccccc12. The summed E-state index contributed by atoms with van der Waals surface area (Å²) in [4.78, 5) is 0. The maximum Gasteiger partial charge on any atom is 0.401 e. The average molecular weight is 304 g/mol. The molecule has 0 bridgehead atoms. The first-order chi connectivity index (χ1) is 9.47. The fraction of sp³-hybridized carbons (Fsp3) is 0.286. The summed E-state index contributed by atoms with van der Waals surface area (Å²) in [5, 5.41) is 4.59. The van der Waals surface area contributed by atoms with Crippen molar-refractivity contribution in [2.75, 3.05) is 19.7 Å². The number of ether oxygens (including phenoxy) is 1.